The van der Waals surface area contributed by atoms with Crippen molar-refractivity contribution in [1.82, 2.24) is 0 Å². The highest BCUT2D eigenvalue weighted by Crippen LogP contribution is 2.20. The van der Waals surface area contributed by atoms with E-state index in [0.717, 1.165) is 12.1 Å². The van der Waals surface area contributed by atoms with Gasteiger partial charge in [0.1, 0.15) is 5.69 Å². The van der Waals surface area contributed by atoms with Gasteiger partial charge in [0.15, 0.2) is 11.6 Å². The van der Waals surface area contributed by atoms with Crippen molar-refractivity contribution in [2.75, 3.05) is 11.9 Å². The molecular formula is C12H14F2N2O. The van der Waals surface area contributed by atoms with E-state index in [1.807, 2.05) is 6.92 Å². The first-order valence-electron chi connectivity index (χ1n) is 5.39. The Hall–Kier alpha value is -1.67. The van der Waals surface area contributed by atoms with E-state index in [-0.39, 0.29) is 17.8 Å². The zero-order valence-corrected chi connectivity index (χ0v) is 9.50. The molecule has 0 spiro atoms. The Kier molecular flexibility index (Phi) is 4.85. The Morgan fingerprint density at radius 1 is 1.41 bits per heavy atom. The third kappa shape index (κ3) is 3.68. The van der Waals surface area contributed by atoms with Crippen molar-refractivity contribution in [1.29, 1.82) is 5.26 Å². The van der Waals surface area contributed by atoms with E-state index in [1.165, 1.54) is 0 Å². The van der Waals surface area contributed by atoms with Gasteiger partial charge in [-0.2, -0.15) is 5.26 Å². The summed E-state index contributed by atoms with van der Waals surface area (Å²) >= 11 is 0. The molecule has 1 rings (SSSR count). The number of aliphatic hydroxyl groups is 1. The van der Waals surface area contributed by atoms with Gasteiger partial charge in [-0.3, -0.25) is 0 Å². The number of nitrogens with one attached hydrogen (secondary N) is 1. The fraction of sp³-hybridized carbons (Fsp3) is 0.417. The molecule has 0 aliphatic rings. The lowest BCUT2D eigenvalue weighted by atomic mass is 10.2. The largest absolute Gasteiger partial charge is 0.393 e. The van der Waals surface area contributed by atoms with Gasteiger partial charge in [-0.25, -0.2) is 8.78 Å². The average Bonchev–Trinajstić information content (AvgIpc) is 2.31. The van der Waals surface area contributed by atoms with E-state index in [2.05, 4.69) is 5.32 Å². The summed E-state index contributed by atoms with van der Waals surface area (Å²) in [4.78, 5) is 0. The first-order chi connectivity index (χ1) is 8.08. The fourth-order valence-corrected chi connectivity index (χ4v) is 1.37. The minimum absolute atomic E-state index is 0.0563. The number of halogens is 2. The molecule has 3 nitrogen and oxygen atoms in total. The number of nitrogens with zero attached hydrogens (tertiary/aromatic N) is 1. The monoisotopic (exact) mass is 240 g/mol. The van der Waals surface area contributed by atoms with E-state index >= 15 is 0 Å². The van der Waals surface area contributed by atoms with E-state index in [9.17, 15) is 13.9 Å². The second kappa shape index (κ2) is 6.16. The Morgan fingerprint density at radius 3 is 2.47 bits per heavy atom. The molecule has 92 valence electrons. The van der Waals surface area contributed by atoms with E-state index < -0.39 is 17.7 Å². The fourth-order valence-electron chi connectivity index (χ4n) is 1.37. The quantitative estimate of drug-likeness (QED) is 0.831. The number of aliphatic hydroxyl groups excluding tert-OH is 1. The highest BCUT2D eigenvalue weighted by Gasteiger charge is 2.11. The minimum atomic E-state index is -0.799. The summed E-state index contributed by atoms with van der Waals surface area (Å²) in [6, 6.07) is 3.62. The molecular weight excluding hydrogens is 226 g/mol. The SMILES string of the molecule is CCC(O)CCNc1c(F)cc(C#N)cc1F. The van der Waals surface area contributed by atoms with E-state index in [4.69, 9.17) is 5.26 Å². The van der Waals surface area contributed by atoms with Gasteiger partial charge < -0.3 is 10.4 Å². The van der Waals surface area contributed by atoms with Crippen LogP contribution >= 0.6 is 0 Å². The van der Waals surface area contributed by atoms with Gasteiger partial charge in [-0.15, -0.1) is 0 Å². The maximum absolute atomic E-state index is 13.4. The molecule has 0 aliphatic carbocycles. The molecule has 1 aromatic rings. The summed E-state index contributed by atoms with van der Waals surface area (Å²) in [5.41, 5.74) is -0.313. The van der Waals surface area contributed by atoms with Crippen LogP contribution in [0.4, 0.5) is 14.5 Å². The van der Waals surface area contributed by atoms with Crippen LogP contribution < -0.4 is 5.32 Å². The molecule has 0 amide bonds. The predicted octanol–water partition coefficient (Wildman–Crippen LogP) is 2.41. The molecule has 0 saturated carbocycles. The number of rotatable bonds is 5. The van der Waals surface area contributed by atoms with Crippen molar-refractivity contribution in [2.45, 2.75) is 25.9 Å². The molecule has 0 fully saturated rings. The maximum Gasteiger partial charge on any atom is 0.150 e. The topological polar surface area (TPSA) is 56.0 Å². The van der Waals surface area contributed by atoms with Gasteiger partial charge in [-0.05, 0) is 25.0 Å². The van der Waals surface area contributed by atoms with Crippen LogP contribution in [-0.2, 0) is 0 Å². The Balaban J connectivity index is 2.69. The predicted molar refractivity (Wildman–Crippen MR) is 60.5 cm³/mol. The van der Waals surface area contributed by atoms with Gasteiger partial charge >= 0.3 is 0 Å². The zero-order chi connectivity index (χ0) is 12.8. The highest BCUT2D eigenvalue weighted by molar-refractivity contribution is 5.50. The molecule has 0 aromatic heterocycles. The summed E-state index contributed by atoms with van der Waals surface area (Å²) < 4.78 is 26.8. The lowest BCUT2D eigenvalue weighted by Crippen LogP contribution is -2.13. The van der Waals surface area contributed by atoms with Gasteiger partial charge in [0, 0.05) is 6.54 Å². The standard InChI is InChI=1S/C12H14F2N2O/c1-2-9(17)3-4-16-12-10(13)5-8(7-15)6-11(12)14/h5-6,9,16-17H,2-4H2,1H3. The smallest absolute Gasteiger partial charge is 0.150 e. The van der Waals surface area contributed by atoms with Crippen molar-refractivity contribution in [2.24, 2.45) is 0 Å². The normalized spacial score (nSPS) is 11.9. The molecule has 0 saturated heterocycles. The molecule has 5 heteroatoms. The van der Waals surface area contributed by atoms with Crippen LogP contribution in [0.15, 0.2) is 12.1 Å². The summed E-state index contributed by atoms with van der Waals surface area (Å²) in [6.45, 7) is 2.10. The number of nitriles is 1. The Bertz CT molecular complexity index is 406. The van der Waals surface area contributed by atoms with Crippen LogP contribution in [0.25, 0.3) is 0 Å². The van der Waals surface area contributed by atoms with Gasteiger partial charge in [0.05, 0.1) is 17.7 Å². The van der Waals surface area contributed by atoms with Gasteiger partial charge in [0.25, 0.3) is 0 Å². The zero-order valence-electron chi connectivity index (χ0n) is 9.50. The van der Waals surface area contributed by atoms with E-state index in [0.29, 0.717) is 12.8 Å². The van der Waals surface area contributed by atoms with Gasteiger partial charge in [-0.1, -0.05) is 6.92 Å². The number of hydrogen-bond donors (Lipinski definition) is 2. The lowest BCUT2D eigenvalue weighted by molar-refractivity contribution is 0.164. The Labute approximate surface area is 98.7 Å². The van der Waals surface area contributed by atoms with Crippen molar-refractivity contribution in [3.05, 3.63) is 29.3 Å². The number of hydrogen-bond acceptors (Lipinski definition) is 3. The van der Waals surface area contributed by atoms with Crippen LogP contribution in [-0.4, -0.2) is 17.8 Å². The molecule has 0 radical (unpaired) electrons. The van der Waals surface area contributed by atoms with Crippen molar-refractivity contribution < 1.29 is 13.9 Å². The molecule has 0 bridgehead atoms. The highest BCUT2D eigenvalue weighted by atomic mass is 19.1. The first kappa shape index (κ1) is 13.4. The second-order valence-corrected chi connectivity index (χ2v) is 3.70. The maximum atomic E-state index is 13.4. The second-order valence-electron chi connectivity index (χ2n) is 3.70. The molecule has 1 atom stereocenters. The van der Waals surface area contributed by atoms with Crippen molar-refractivity contribution in [3.63, 3.8) is 0 Å². The molecule has 2 N–H and O–H groups in total. The van der Waals surface area contributed by atoms with Crippen LogP contribution in [0.3, 0.4) is 0 Å². The molecule has 1 aromatic carbocycles. The summed E-state index contributed by atoms with van der Waals surface area (Å²) in [7, 11) is 0. The minimum Gasteiger partial charge on any atom is -0.393 e. The van der Waals surface area contributed by atoms with Gasteiger partial charge in [0.2, 0.25) is 0 Å². The van der Waals surface area contributed by atoms with Crippen LogP contribution in [0.5, 0.6) is 0 Å². The number of benzene rings is 1. The van der Waals surface area contributed by atoms with Crippen LogP contribution in [0.2, 0.25) is 0 Å². The summed E-state index contributed by atoms with van der Waals surface area (Å²) in [5.74, 6) is -1.60. The molecule has 0 heterocycles. The average molecular weight is 240 g/mol. The first-order valence-corrected chi connectivity index (χ1v) is 5.39. The Morgan fingerprint density at radius 2 is 2.00 bits per heavy atom. The molecule has 0 aliphatic heterocycles. The summed E-state index contributed by atoms with van der Waals surface area (Å²) in [6.07, 6.45) is 0.530. The van der Waals surface area contributed by atoms with E-state index in [1.54, 1.807) is 6.07 Å². The van der Waals surface area contributed by atoms with Crippen molar-refractivity contribution in [3.8, 4) is 6.07 Å². The molecule has 1 unspecified atom stereocenters. The third-order valence-electron chi connectivity index (χ3n) is 2.42. The number of anilines is 1. The summed E-state index contributed by atoms with van der Waals surface area (Å²) in [5, 5.41) is 20.4. The lowest BCUT2D eigenvalue weighted by Gasteiger charge is -2.11. The van der Waals surface area contributed by atoms with Crippen LogP contribution in [0.1, 0.15) is 25.3 Å². The third-order valence-corrected chi connectivity index (χ3v) is 2.42. The van der Waals surface area contributed by atoms with Crippen LogP contribution in [0, 0.1) is 23.0 Å². The molecule has 17 heavy (non-hydrogen) atoms. The van der Waals surface area contributed by atoms with Crippen molar-refractivity contribution >= 4 is 5.69 Å².